The van der Waals surface area contributed by atoms with E-state index in [4.69, 9.17) is 0 Å². The van der Waals surface area contributed by atoms with Crippen LogP contribution < -0.4 is 10.2 Å². The van der Waals surface area contributed by atoms with Gasteiger partial charge in [-0.1, -0.05) is 0 Å². The summed E-state index contributed by atoms with van der Waals surface area (Å²) >= 11 is 0. The maximum atomic E-state index is 4.35. The molecule has 0 spiro atoms. The van der Waals surface area contributed by atoms with E-state index < -0.39 is 0 Å². The molecule has 86 valence electrons. The molecule has 1 fully saturated rings. The molecule has 4 nitrogen and oxygen atoms in total. The molecule has 3 rings (SSSR count). The molecule has 1 aromatic heterocycles. The summed E-state index contributed by atoms with van der Waals surface area (Å²) in [5, 5.41) is 12.0. The van der Waals surface area contributed by atoms with Crippen molar-refractivity contribution in [3.63, 3.8) is 0 Å². The van der Waals surface area contributed by atoms with Gasteiger partial charge in [-0.25, -0.2) is 0 Å². The summed E-state index contributed by atoms with van der Waals surface area (Å²) in [6.45, 7) is 4.23. The Morgan fingerprint density at radius 3 is 2.88 bits per heavy atom. The summed E-state index contributed by atoms with van der Waals surface area (Å²) in [6, 6.07) is 2.24. The highest BCUT2D eigenvalue weighted by Crippen LogP contribution is 2.20. The first-order valence-corrected chi connectivity index (χ1v) is 6.24. The van der Waals surface area contributed by atoms with Crippen LogP contribution in [0, 0.1) is 0 Å². The third kappa shape index (κ3) is 1.89. The number of nitrogens with one attached hydrogen (secondary N) is 1. The van der Waals surface area contributed by atoms with Gasteiger partial charge >= 0.3 is 0 Å². The molecule has 1 saturated heterocycles. The van der Waals surface area contributed by atoms with E-state index in [1.807, 2.05) is 0 Å². The van der Waals surface area contributed by atoms with Gasteiger partial charge in [0.15, 0.2) is 5.82 Å². The molecule has 0 amide bonds. The lowest BCUT2D eigenvalue weighted by molar-refractivity contribution is 0.565. The monoisotopic (exact) mass is 218 g/mol. The highest BCUT2D eigenvalue weighted by atomic mass is 15.3. The molecule has 0 unspecified atom stereocenters. The van der Waals surface area contributed by atoms with E-state index in [-0.39, 0.29) is 0 Å². The first-order valence-electron chi connectivity index (χ1n) is 6.24. The zero-order valence-electron chi connectivity index (χ0n) is 9.58. The number of anilines is 1. The third-order valence-electron chi connectivity index (χ3n) is 3.49. The van der Waals surface area contributed by atoms with Gasteiger partial charge in [0.2, 0.25) is 0 Å². The molecule has 0 aromatic carbocycles. The number of piperidine rings is 1. The minimum atomic E-state index is 0.878. The van der Waals surface area contributed by atoms with Gasteiger partial charge in [0.05, 0.1) is 5.69 Å². The fourth-order valence-electron chi connectivity index (χ4n) is 2.52. The lowest BCUT2D eigenvalue weighted by atomic mass is 10.1. The van der Waals surface area contributed by atoms with Crippen molar-refractivity contribution in [2.45, 2.75) is 32.2 Å². The van der Waals surface area contributed by atoms with Crippen molar-refractivity contribution < 1.29 is 0 Å². The van der Waals surface area contributed by atoms with Gasteiger partial charge in [-0.2, -0.15) is 5.10 Å². The van der Waals surface area contributed by atoms with E-state index >= 15 is 0 Å². The first kappa shape index (κ1) is 10.0. The van der Waals surface area contributed by atoms with Crippen LogP contribution in [0.1, 0.15) is 30.5 Å². The summed E-state index contributed by atoms with van der Waals surface area (Å²) in [5.74, 6) is 1.08. The van der Waals surface area contributed by atoms with Crippen molar-refractivity contribution in [1.82, 2.24) is 15.5 Å². The summed E-state index contributed by atoms with van der Waals surface area (Å²) < 4.78 is 0. The molecule has 1 N–H and O–H groups in total. The van der Waals surface area contributed by atoms with Crippen LogP contribution in [-0.2, 0) is 13.0 Å². The Bertz CT molecular complexity index is 371. The van der Waals surface area contributed by atoms with Crippen molar-refractivity contribution in [2.24, 2.45) is 0 Å². The molecule has 0 atom stereocenters. The largest absolute Gasteiger partial charge is 0.355 e. The van der Waals surface area contributed by atoms with Crippen LogP contribution in [0.5, 0.6) is 0 Å². The normalized spacial score (nSPS) is 20.6. The second-order valence-corrected chi connectivity index (χ2v) is 4.65. The van der Waals surface area contributed by atoms with E-state index in [0.717, 1.165) is 44.1 Å². The van der Waals surface area contributed by atoms with Crippen LogP contribution >= 0.6 is 0 Å². The zero-order chi connectivity index (χ0) is 10.8. The smallest absolute Gasteiger partial charge is 0.151 e. The Labute approximate surface area is 96.1 Å². The molecular formula is C12H18N4. The fraction of sp³-hybridized carbons (Fsp3) is 0.667. The van der Waals surface area contributed by atoms with E-state index in [1.54, 1.807) is 0 Å². The number of aromatic nitrogens is 2. The Morgan fingerprint density at radius 2 is 2.00 bits per heavy atom. The summed E-state index contributed by atoms with van der Waals surface area (Å²) in [6.07, 6.45) is 5.03. The lowest BCUT2D eigenvalue weighted by Gasteiger charge is -2.28. The van der Waals surface area contributed by atoms with Gasteiger partial charge < -0.3 is 10.2 Å². The second-order valence-electron chi connectivity index (χ2n) is 4.65. The molecule has 1 aromatic rings. The Hall–Kier alpha value is -1.16. The fourth-order valence-corrected chi connectivity index (χ4v) is 2.52. The van der Waals surface area contributed by atoms with Crippen molar-refractivity contribution >= 4 is 5.82 Å². The second kappa shape index (κ2) is 4.37. The maximum absolute atomic E-state index is 4.35. The average molecular weight is 218 g/mol. The molecule has 0 bridgehead atoms. The van der Waals surface area contributed by atoms with Crippen LogP contribution in [0.4, 0.5) is 5.82 Å². The Balaban J connectivity index is 1.84. The van der Waals surface area contributed by atoms with Gasteiger partial charge in [-0.15, -0.1) is 5.10 Å². The number of hydrogen-bond donors (Lipinski definition) is 1. The van der Waals surface area contributed by atoms with Crippen molar-refractivity contribution in [3.8, 4) is 0 Å². The molecule has 0 aliphatic carbocycles. The number of hydrogen-bond acceptors (Lipinski definition) is 4. The average Bonchev–Trinajstić information content (AvgIpc) is 2.39. The topological polar surface area (TPSA) is 41.1 Å². The van der Waals surface area contributed by atoms with Crippen LogP contribution in [0.2, 0.25) is 0 Å². The summed E-state index contributed by atoms with van der Waals surface area (Å²) in [7, 11) is 0. The molecule has 2 aliphatic heterocycles. The van der Waals surface area contributed by atoms with Gasteiger partial charge in [0.1, 0.15) is 0 Å². The molecular weight excluding hydrogens is 200 g/mol. The van der Waals surface area contributed by atoms with Crippen molar-refractivity contribution in [2.75, 3.05) is 24.5 Å². The van der Waals surface area contributed by atoms with E-state index in [0.29, 0.717) is 0 Å². The molecule has 0 saturated carbocycles. The van der Waals surface area contributed by atoms with Crippen LogP contribution in [0.3, 0.4) is 0 Å². The molecule has 3 heterocycles. The third-order valence-corrected chi connectivity index (χ3v) is 3.49. The van der Waals surface area contributed by atoms with Crippen LogP contribution in [0.15, 0.2) is 6.07 Å². The van der Waals surface area contributed by atoms with Crippen LogP contribution in [-0.4, -0.2) is 29.8 Å². The molecule has 2 aliphatic rings. The standard InChI is InChI=1S/C12H18N4/c1-2-6-16(7-3-1)12-8-10-4-5-13-9-11(10)14-15-12/h8,13H,1-7,9H2. The van der Waals surface area contributed by atoms with Crippen molar-refractivity contribution in [1.29, 1.82) is 0 Å². The number of fused-ring (bicyclic) bond motifs is 1. The SMILES string of the molecule is c1c(N2CCCCC2)nnc2c1CCNC2. The minimum absolute atomic E-state index is 0.878. The van der Waals surface area contributed by atoms with Crippen molar-refractivity contribution in [3.05, 3.63) is 17.3 Å². The first-order chi connectivity index (χ1) is 7.93. The van der Waals surface area contributed by atoms with E-state index in [1.165, 1.54) is 24.8 Å². The predicted octanol–water partition coefficient (Wildman–Crippen LogP) is 1.11. The molecule has 0 radical (unpaired) electrons. The Morgan fingerprint density at radius 1 is 1.12 bits per heavy atom. The molecule has 16 heavy (non-hydrogen) atoms. The lowest BCUT2D eigenvalue weighted by Crippen LogP contribution is -2.31. The van der Waals surface area contributed by atoms with E-state index in [2.05, 4.69) is 26.5 Å². The highest BCUT2D eigenvalue weighted by Gasteiger charge is 2.16. The summed E-state index contributed by atoms with van der Waals surface area (Å²) in [4.78, 5) is 2.37. The maximum Gasteiger partial charge on any atom is 0.151 e. The number of rotatable bonds is 1. The zero-order valence-corrected chi connectivity index (χ0v) is 9.58. The van der Waals surface area contributed by atoms with Gasteiger partial charge in [-0.05, 0) is 43.9 Å². The number of nitrogens with zero attached hydrogens (tertiary/aromatic N) is 3. The Kier molecular flexibility index (Phi) is 2.74. The van der Waals surface area contributed by atoms with E-state index in [9.17, 15) is 0 Å². The predicted molar refractivity (Wildman–Crippen MR) is 63.5 cm³/mol. The quantitative estimate of drug-likeness (QED) is 0.766. The molecule has 4 heteroatoms. The summed E-state index contributed by atoms with van der Waals surface area (Å²) in [5.41, 5.74) is 2.52. The van der Waals surface area contributed by atoms with Gasteiger partial charge in [-0.3, -0.25) is 0 Å². The minimum Gasteiger partial charge on any atom is -0.355 e. The van der Waals surface area contributed by atoms with Crippen LogP contribution in [0.25, 0.3) is 0 Å². The van der Waals surface area contributed by atoms with Gasteiger partial charge in [0.25, 0.3) is 0 Å². The van der Waals surface area contributed by atoms with Gasteiger partial charge in [0, 0.05) is 19.6 Å². The highest BCUT2D eigenvalue weighted by molar-refractivity contribution is 5.42.